The molecule has 0 unspecified atom stereocenters. The zero-order chi connectivity index (χ0) is 8.28. The average Bonchev–Trinajstić information content (AvgIpc) is 1.61. The van der Waals surface area contributed by atoms with E-state index in [1.165, 1.54) is 35.3 Å². The van der Waals surface area contributed by atoms with Crippen molar-refractivity contribution in [2.45, 2.75) is 26.2 Å². The molecule has 0 saturated heterocycles. The second kappa shape index (κ2) is 3.36. The Bertz CT molecular complexity index is 92.3. The van der Waals surface area contributed by atoms with Gasteiger partial charge in [-0.15, -0.1) is 0 Å². The Morgan fingerprint density at radius 3 is 1.90 bits per heavy atom. The SMILES string of the molecule is CCCCCP(C)(C)(C)[SiH3]. The molecule has 0 rings (SSSR count). The van der Waals surface area contributed by atoms with Crippen LogP contribution < -0.4 is 0 Å². The summed E-state index contributed by atoms with van der Waals surface area (Å²) in [6, 6.07) is 0. The zero-order valence-electron chi connectivity index (χ0n) is 8.28. The van der Waals surface area contributed by atoms with E-state index in [0.29, 0.717) is 0 Å². The van der Waals surface area contributed by atoms with Crippen LogP contribution in [0.25, 0.3) is 0 Å². The molecule has 0 saturated carbocycles. The Balaban J connectivity index is 3.49. The molecule has 0 aliphatic heterocycles. The van der Waals surface area contributed by atoms with Crippen molar-refractivity contribution in [3.05, 3.63) is 0 Å². The number of unbranched alkanes of at least 4 members (excludes halogenated alkanes) is 2. The fourth-order valence-corrected chi connectivity index (χ4v) is 3.43. The van der Waals surface area contributed by atoms with E-state index in [9.17, 15) is 0 Å². The molecule has 10 heavy (non-hydrogen) atoms. The summed E-state index contributed by atoms with van der Waals surface area (Å²) in [6.07, 6.45) is 4.81. The predicted molar refractivity (Wildman–Crippen MR) is 59.0 cm³/mol. The molecule has 0 N–H and O–H groups in total. The Hall–Kier alpha value is 0.647. The summed E-state index contributed by atoms with van der Waals surface area (Å²) < 4.78 is 0. The van der Waals surface area contributed by atoms with Gasteiger partial charge in [-0.3, -0.25) is 0 Å². The third kappa shape index (κ3) is 8.65. The first kappa shape index (κ1) is 10.6. The first-order valence-corrected chi connectivity index (χ1v) is 11.2. The molecule has 0 nitrogen and oxygen atoms in total. The van der Waals surface area contributed by atoms with Crippen molar-refractivity contribution in [3.8, 4) is 0 Å². The van der Waals surface area contributed by atoms with Gasteiger partial charge in [-0.2, -0.15) is 0 Å². The Morgan fingerprint density at radius 1 is 1.10 bits per heavy atom. The Morgan fingerprint density at radius 2 is 1.60 bits per heavy atom. The van der Waals surface area contributed by atoms with Gasteiger partial charge >= 0.3 is 68.4 Å². The minimum absolute atomic E-state index is 1.01. The molecular formula is C8H23PSi. The van der Waals surface area contributed by atoms with Crippen LogP contribution in [0.1, 0.15) is 26.2 Å². The molecule has 0 heterocycles. The van der Waals surface area contributed by atoms with E-state index in [0.717, 1.165) is 0 Å². The third-order valence-corrected chi connectivity index (χ3v) is 5.10. The molecule has 0 spiro atoms. The van der Waals surface area contributed by atoms with Gasteiger partial charge in [0.2, 0.25) is 0 Å². The van der Waals surface area contributed by atoms with Crippen LogP contribution >= 0.6 is 6.15 Å². The molecule has 0 bridgehead atoms. The van der Waals surface area contributed by atoms with E-state index in [2.05, 4.69) is 26.9 Å². The van der Waals surface area contributed by atoms with E-state index in [-0.39, 0.29) is 0 Å². The van der Waals surface area contributed by atoms with Crippen LogP contribution in [-0.4, -0.2) is 36.1 Å². The van der Waals surface area contributed by atoms with Crippen LogP contribution in [-0.2, 0) is 0 Å². The summed E-state index contributed by atoms with van der Waals surface area (Å²) >= 11 is 0. The molecule has 0 amide bonds. The summed E-state index contributed by atoms with van der Waals surface area (Å²) in [5.41, 5.74) is 0. The molecule has 2 heteroatoms. The van der Waals surface area contributed by atoms with Gasteiger partial charge in [0, 0.05) is 0 Å². The summed E-state index contributed by atoms with van der Waals surface area (Å²) in [7, 11) is 1.43. The predicted octanol–water partition coefficient (Wildman–Crippen LogP) is 1.90. The fraction of sp³-hybridized carbons (Fsp3) is 1.00. The fourth-order valence-electron chi connectivity index (χ4n) is 0.994. The average molecular weight is 178 g/mol. The van der Waals surface area contributed by atoms with Crippen molar-refractivity contribution >= 4 is 16.1 Å². The van der Waals surface area contributed by atoms with Crippen molar-refractivity contribution in [1.82, 2.24) is 0 Å². The summed E-state index contributed by atoms with van der Waals surface area (Å²) in [4.78, 5) is 0. The van der Waals surface area contributed by atoms with Crippen molar-refractivity contribution in [3.63, 3.8) is 0 Å². The first-order valence-electron chi connectivity index (χ1n) is 4.31. The topological polar surface area (TPSA) is 0 Å². The van der Waals surface area contributed by atoms with Crippen molar-refractivity contribution in [1.29, 1.82) is 0 Å². The Kier molecular flexibility index (Phi) is 3.58. The minimum atomic E-state index is -1.01. The maximum atomic E-state index is 2.52. The molecule has 0 atom stereocenters. The second-order valence-electron chi connectivity index (χ2n) is 5.38. The number of hydrogen-bond acceptors (Lipinski definition) is 0. The molecular weight excluding hydrogens is 155 g/mol. The van der Waals surface area contributed by atoms with Gasteiger partial charge in [-0.1, -0.05) is 0 Å². The third-order valence-electron chi connectivity index (χ3n) is 1.66. The van der Waals surface area contributed by atoms with Crippen LogP contribution in [0.2, 0.25) is 0 Å². The molecule has 0 radical (unpaired) electrons. The maximum absolute atomic E-state index is 2.52. The van der Waals surface area contributed by atoms with E-state index in [4.69, 9.17) is 0 Å². The number of rotatable bonds is 4. The molecule has 0 aromatic rings. The van der Waals surface area contributed by atoms with Gasteiger partial charge in [0.05, 0.1) is 0 Å². The van der Waals surface area contributed by atoms with Gasteiger partial charge in [0.1, 0.15) is 0 Å². The second-order valence-corrected chi connectivity index (χ2v) is 23.7. The molecule has 0 aromatic carbocycles. The van der Waals surface area contributed by atoms with Crippen molar-refractivity contribution in [2.24, 2.45) is 0 Å². The number of hydrogen-bond donors (Lipinski definition) is 0. The summed E-state index contributed by atoms with van der Waals surface area (Å²) in [6.45, 7) is 9.84. The van der Waals surface area contributed by atoms with Gasteiger partial charge in [0.25, 0.3) is 0 Å². The van der Waals surface area contributed by atoms with Crippen molar-refractivity contribution in [2.75, 3.05) is 26.2 Å². The molecule has 0 aromatic heterocycles. The van der Waals surface area contributed by atoms with E-state index in [1.807, 2.05) is 0 Å². The van der Waals surface area contributed by atoms with Gasteiger partial charge in [-0.05, 0) is 0 Å². The van der Waals surface area contributed by atoms with Gasteiger partial charge in [-0.25, -0.2) is 0 Å². The van der Waals surface area contributed by atoms with Crippen LogP contribution in [0, 0.1) is 0 Å². The van der Waals surface area contributed by atoms with Crippen LogP contribution in [0.3, 0.4) is 0 Å². The van der Waals surface area contributed by atoms with Gasteiger partial charge < -0.3 is 0 Å². The van der Waals surface area contributed by atoms with Crippen LogP contribution in [0.15, 0.2) is 0 Å². The first-order chi connectivity index (χ1) is 4.31. The summed E-state index contributed by atoms with van der Waals surface area (Å²) in [5, 5.41) is 0. The molecule has 64 valence electrons. The van der Waals surface area contributed by atoms with Crippen LogP contribution in [0.5, 0.6) is 0 Å². The Labute approximate surface area is 69.0 Å². The van der Waals surface area contributed by atoms with Crippen molar-refractivity contribution < 1.29 is 0 Å². The zero-order valence-corrected chi connectivity index (χ0v) is 11.2. The molecule has 0 aliphatic carbocycles. The van der Waals surface area contributed by atoms with E-state index < -0.39 is 6.15 Å². The van der Waals surface area contributed by atoms with Crippen LogP contribution in [0.4, 0.5) is 0 Å². The molecule has 0 aliphatic rings. The van der Waals surface area contributed by atoms with Gasteiger partial charge in [0.15, 0.2) is 0 Å². The van der Waals surface area contributed by atoms with E-state index >= 15 is 0 Å². The monoisotopic (exact) mass is 178 g/mol. The summed E-state index contributed by atoms with van der Waals surface area (Å²) in [5.74, 6) is 0. The standard InChI is InChI=1S/C8H23PSi/c1-5-6-7-8-9(2,3,4)10/h5-8H2,1-4,10H3. The van der Waals surface area contributed by atoms with E-state index in [1.54, 1.807) is 0 Å². The quantitative estimate of drug-likeness (QED) is 0.350. The molecule has 0 fully saturated rings. The normalized spacial score (nSPS) is 16.6.